The Balaban J connectivity index is 2.19. The predicted octanol–water partition coefficient (Wildman–Crippen LogP) is 1.45. The van der Waals surface area contributed by atoms with E-state index in [0.29, 0.717) is 6.42 Å². The molecule has 1 heterocycles. The summed E-state index contributed by atoms with van der Waals surface area (Å²) in [6, 6.07) is 7.82. The van der Waals surface area contributed by atoms with Crippen LogP contribution in [0.1, 0.15) is 12.0 Å². The number of hydrogen-bond donors (Lipinski definition) is 0. The maximum atomic E-state index is 12.2. The third kappa shape index (κ3) is 1.04. The van der Waals surface area contributed by atoms with E-state index in [1.807, 2.05) is 18.2 Å². The molecule has 2 atom stereocenters. The minimum atomic E-state index is -0.590. The number of likely N-dealkylation sites (N-methyl/N-ethyl adjacent to an activating group) is 1. The zero-order valence-corrected chi connectivity index (χ0v) is 9.73. The van der Waals surface area contributed by atoms with E-state index in [4.69, 9.17) is 10.00 Å². The van der Waals surface area contributed by atoms with Crippen molar-refractivity contribution in [3.05, 3.63) is 23.8 Å². The third-order valence-electron chi connectivity index (χ3n) is 3.85. The van der Waals surface area contributed by atoms with Crippen molar-refractivity contribution in [3.8, 4) is 11.8 Å². The first kappa shape index (κ1) is 10.2. The summed E-state index contributed by atoms with van der Waals surface area (Å²) in [6.45, 7) is 0. The van der Waals surface area contributed by atoms with Crippen molar-refractivity contribution in [2.45, 2.75) is 11.8 Å². The smallest absolute Gasteiger partial charge is 0.238 e. The van der Waals surface area contributed by atoms with Gasteiger partial charge in [-0.15, -0.1) is 0 Å². The lowest BCUT2D eigenvalue weighted by Gasteiger charge is -2.09. The molecule has 0 aromatic heterocycles. The lowest BCUT2D eigenvalue weighted by Crippen LogP contribution is -2.29. The van der Waals surface area contributed by atoms with Gasteiger partial charge >= 0.3 is 0 Å². The largest absolute Gasteiger partial charge is 0.497 e. The highest BCUT2D eigenvalue weighted by atomic mass is 16.5. The molecule has 0 bridgehead atoms. The van der Waals surface area contributed by atoms with Gasteiger partial charge in [0.05, 0.1) is 24.5 Å². The molecule has 1 amide bonds. The summed E-state index contributed by atoms with van der Waals surface area (Å²) in [5, 5.41) is 9.04. The number of nitriles is 1. The topological polar surface area (TPSA) is 53.3 Å². The van der Waals surface area contributed by atoms with Gasteiger partial charge in [-0.1, -0.05) is 0 Å². The first-order valence-electron chi connectivity index (χ1n) is 5.51. The van der Waals surface area contributed by atoms with Crippen molar-refractivity contribution in [3.63, 3.8) is 0 Å². The molecular weight excluding hydrogens is 216 g/mol. The molecule has 0 unspecified atom stereocenters. The standard InChI is InChI=1S/C13H12N2O2/c1-15-11-4-3-9(17-2)5-10(11)13(12(15)16)6-8(13)7-14/h3-5,8H,6H2,1-2H3/t8-,13+/m0/s1. The van der Waals surface area contributed by atoms with E-state index >= 15 is 0 Å². The van der Waals surface area contributed by atoms with Crippen LogP contribution in [-0.2, 0) is 10.2 Å². The van der Waals surface area contributed by atoms with Gasteiger partial charge in [-0.05, 0) is 30.2 Å². The average molecular weight is 228 g/mol. The number of carbonyl (C=O) groups excluding carboxylic acids is 1. The number of hydrogen-bond acceptors (Lipinski definition) is 3. The molecule has 0 saturated heterocycles. The molecule has 2 aliphatic rings. The van der Waals surface area contributed by atoms with Crippen molar-refractivity contribution in [2.75, 3.05) is 19.1 Å². The molecule has 1 aliphatic heterocycles. The summed E-state index contributed by atoms with van der Waals surface area (Å²) in [6.07, 6.45) is 0.632. The van der Waals surface area contributed by atoms with E-state index in [1.165, 1.54) is 0 Å². The number of methoxy groups -OCH3 is 1. The highest BCUT2D eigenvalue weighted by molar-refractivity contribution is 6.10. The number of rotatable bonds is 1. The Bertz CT molecular complexity index is 561. The first-order valence-corrected chi connectivity index (χ1v) is 5.51. The second-order valence-corrected chi connectivity index (χ2v) is 4.60. The van der Waals surface area contributed by atoms with Crippen LogP contribution in [0.4, 0.5) is 5.69 Å². The lowest BCUT2D eigenvalue weighted by atomic mass is 9.95. The summed E-state index contributed by atoms with van der Waals surface area (Å²) in [7, 11) is 3.36. The molecule has 1 aliphatic carbocycles. The molecule has 0 N–H and O–H groups in total. The SMILES string of the molecule is COc1ccc2c(c1)[C@]1(C[C@H]1C#N)C(=O)N2C. The highest BCUT2D eigenvalue weighted by Gasteiger charge is 2.67. The maximum Gasteiger partial charge on any atom is 0.238 e. The minimum Gasteiger partial charge on any atom is -0.497 e. The molecular formula is C13H12N2O2. The van der Waals surface area contributed by atoms with Crippen LogP contribution in [0.5, 0.6) is 5.75 Å². The molecule has 1 saturated carbocycles. The molecule has 17 heavy (non-hydrogen) atoms. The van der Waals surface area contributed by atoms with Gasteiger partial charge in [0.1, 0.15) is 5.75 Å². The maximum absolute atomic E-state index is 12.2. The van der Waals surface area contributed by atoms with Gasteiger partial charge in [-0.2, -0.15) is 5.26 Å². The Morgan fingerprint density at radius 3 is 2.94 bits per heavy atom. The van der Waals surface area contributed by atoms with Crippen LogP contribution < -0.4 is 9.64 Å². The van der Waals surface area contributed by atoms with Crippen molar-refractivity contribution in [1.29, 1.82) is 5.26 Å². The normalized spacial score (nSPS) is 29.1. The zero-order chi connectivity index (χ0) is 12.2. The fraction of sp³-hybridized carbons (Fsp3) is 0.385. The molecule has 0 radical (unpaired) electrons. The van der Waals surface area contributed by atoms with Gasteiger partial charge in [0.15, 0.2) is 0 Å². The van der Waals surface area contributed by atoms with Gasteiger partial charge in [-0.25, -0.2) is 0 Å². The fourth-order valence-corrected chi connectivity index (χ4v) is 2.77. The van der Waals surface area contributed by atoms with Crippen molar-refractivity contribution >= 4 is 11.6 Å². The minimum absolute atomic E-state index is 0.0345. The Morgan fingerprint density at radius 1 is 1.59 bits per heavy atom. The first-order chi connectivity index (χ1) is 8.15. The number of nitrogens with zero attached hydrogens (tertiary/aromatic N) is 2. The summed E-state index contributed by atoms with van der Waals surface area (Å²) in [5.74, 6) is 0.577. The van der Waals surface area contributed by atoms with E-state index in [-0.39, 0.29) is 11.8 Å². The van der Waals surface area contributed by atoms with Crippen LogP contribution >= 0.6 is 0 Å². The molecule has 4 nitrogen and oxygen atoms in total. The van der Waals surface area contributed by atoms with E-state index < -0.39 is 5.41 Å². The number of benzene rings is 1. The van der Waals surface area contributed by atoms with Gasteiger partial charge in [-0.3, -0.25) is 4.79 Å². The fourth-order valence-electron chi connectivity index (χ4n) is 2.77. The van der Waals surface area contributed by atoms with Crippen LogP contribution in [-0.4, -0.2) is 20.1 Å². The van der Waals surface area contributed by atoms with Crippen molar-refractivity contribution in [2.24, 2.45) is 5.92 Å². The van der Waals surface area contributed by atoms with Crippen LogP contribution in [0.3, 0.4) is 0 Å². The number of anilines is 1. The second kappa shape index (κ2) is 3.01. The van der Waals surface area contributed by atoms with E-state index in [9.17, 15) is 4.79 Å². The summed E-state index contributed by atoms with van der Waals surface area (Å²) in [5.41, 5.74) is 1.25. The van der Waals surface area contributed by atoms with Gasteiger partial charge in [0, 0.05) is 12.7 Å². The van der Waals surface area contributed by atoms with E-state index in [1.54, 1.807) is 19.1 Å². The molecule has 4 heteroatoms. The Labute approximate surface area is 99.4 Å². The average Bonchev–Trinajstić information content (AvgIpc) is 3.07. The second-order valence-electron chi connectivity index (χ2n) is 4.60. The third-order valence-corrected chi connectivity index (χ3v) is 3.85. The van der Waals surface area contributed by atoms with Crippen molar-refractivity contribution < 1.29 is 9.53 Å². The quantitative estimate of drug-likeness (QED) is 0.731. The zero-order valence-electron chi connectivity index (χ0n) is 9.73. The number of fused-ring (bicyclic) bond motifs is 2. The number of ether oxygens (including phenoxy) is 1. The predicted molar refractivity (Wildman–Crippen MR) is 61.8 cm³/mol. The Morgan fingerprint density at radius 2 is 2.35 bits per heavy atom. The highest BCUT2D eigenvalue weighted by Crippen LogP contribution is 2.61. The van der Waals surface area contributed by atoms with Gasteiger partial charge in [0.25, 0.3) is 0 Å². The van der Waals surface area contributed by atoms with Crippen LogP contribution in [0.25, 0.3) is 0 Å². The number of amides is 1. The Kier molecular flexibility index (Phi) is 1.80. The molecule has 86 valence electrons. The molecule has 3 rings (SSSR count). The molecule has 1 fully saturated rings. The summed E-state index contributed by atoms with van der Waals surface area (Å²) >= 11 is 0. The Hall–Kier alpha value is -2.02. The summed E-state index contributed by atoms with van der Waals surface area (Å²) < 4.78 is 5.19. The van der Waals surface area contributed by atoms with Gasteiger partial charge in [0.2, 0.25) is 5.91 Å². The van der Waals surface area contributed by atoms with E-state index in [0.717, 1.165) is 17.0 Å². The lowest BCUT2D eigenvalue weighted by molar-refractivity contribution is -0.120. The summed E-state index contributed by atoms with van der Waals surface area (Å²) in [4.78, 5) is 13.9. The van der Waals surface area contributed by atoms with Gasteiger partial charge < -0.3 is 9.64 Å². The monoisotopic (exact) mass is 228 g/mol. The van der Waals surface area contributed by atoms with E-state index in [2.05, 4.69) is 6.07 Å². The number of carbonyl (C=O) groups is 1. The molecule has 1 aromatic carbocycles. The molecule has 1 spiro atoms. The van der Waals surface area contributed by atoms with Crippen LogP contribution in [0, 0.1) is 17.2 Å². The molecule has 1 aromatic rings. The van der Waals surface area contributed by atoms with Crippen LogP contribution in [0.2, 0.25) is 0 Å². The van der Waals surface area contributed by atoms with Crippen LogP contribution in [0.15, 0.2) is 18.2 Å². The van der Waals surface area contributed by atoms with Crippen molar-refractivity contribution in [1.82, 2.24) is 0 Å².